The lowest BCUT2D eigenvalue weighted by Crippen LogP contribution is -2.23. The van der Waals surface area contributed by atoms with Crippen molar-refractivity contribution in [2.24, 2.45) is 0 Å². The van der Waals surface area contributed by atoms with E-state index in [1.165, 1.54) is 44.4 Å². The highest BCUT2D eigenvalue weighted by atomic mass is 15.1. The molecule has 1 aliphatic rings. The minimum absolute atomic E-state index is 1.03. The Hall–Kier alpha value is -2.48. The Kier molecular flexibility index (Phi) is 3.91. The molecule has 0 fully saturated rings. The first-order chi connectivity index (χ1) is 12.2. The number of hydrogen-bond acceptors (Lipinski definition) is 2. The third-order valence-electron chi connectivity index (χ3n) is 5.53. The predicted octanol–water partition coefficient (Wildman–Crippen LogP) is 5.32. The van der Waals surface area contributed by atoms with Crippen molar-refractivity contribution in [3.63, 3.8) is 0 Å². The molecule has 0 N–H and O–H groups in total. The number of anilines is 2. The molecule has 2 heteroatoms. The van der Waals surface area contributed by atoms with Gasteiger partial charge in [0, 0.05) is 50.4 Å². The van der Waals surface area contributed by atoms with Crippen molar-refractivity contribution < 1.29 is 0 Å². The zero-order valence-corrected chi connectivity index (χ0v) is 15.6. The molecule has 1 aliphatic carbocycles. The molecule has 0 aromatic heterocycles. The Bertz CT molecular complexity index is 936. The van der Waals surface area contributed by atoms with E-state index in [0.717, 1.165) is 19.5 Å². The second-order valence-electron chi connectivity index (χ2n) is 7.01. The molecular weight excluding hydrogens is 304 g/mol. The first-order valence-electron chi connectivity index (χ1n) is 9.24. The van der Waals surface area contributed by atoms with E-state index in [0.29, 0.717) is 0 Å². The number of nitrogens with zero attached hydrogens (tertiary/aromatic N) is 2. The molecule has 3 aromatic rings. The normalized spacial score (nSPS) is 12.2. The van der Waals surface area contributed by atoms with Crippen LogP contribution in [-0.4, -0.2) is 27.2 Å². The molecule has 0 amide bonds. The van der Waals surface area contributed by atoms with E-state index in [1.54, 1.807) is 0 Å². The smallest absolute Gasteiger partial charge is 0.0440 e. The average Bonchev–Trinajstić information content (AvgIpc) is 3.02. The van der Waals surface area contributed by atoms with Gasteiger partial charge in [0.25, 0.3) is 0 Å². The van der Waals surface area contributed by atoms with Crippen molar-refractivity contribution in [2.75, 3.05) is 37.0 Å². The van der Waals surface area contributed by atoms with Gasteiger partial charge >= 0.3 is 0 Å². The minimum Gasteiger partial charge on any atom is -0.377 e. The highest BCUT2D eigenvalue weighted by Crippen LogP contribution is 2.45. The van der Waals surface area contributed by atoms with E-state index < -0.39 is 0 Å². The maximum Gasteiger partial charge on any atom is 0.0440 e. The van der Waals surface area contributed by atoms with Gasteiger partial charge in [-0.05, 0) is 53.6 Å². The van der Waals surface area contributed by atoms with Gasteiger partial charge in [0.15, 0.2) is 0 Å². The van der Waals surface area contributed by atoms with Gasteiger partial charge in [0.2, 0.25) is 0 Å². The van der Waals surface area contributed by atoms with Crippen molar-refractivity contribution in [1.29, 1.82) is 0 Å². The summed E-state index contributed by atoms with van der Waals surface area (Å²) >= 11 is 0. The zero-order chi connectivity index (χ0) is 17.6. The van der Waals surface area contributed by atoms with Crippen molar-refractivity contribution in [1.82, 2.24) is 0 Å². The molecule has 128 valence electrons. The van der Waals surface area contributed by atoms with Gasteiger partial charge in [-0.2, -0.15) is 0 Å². The first-order valence-corrected chi connectivity index (χ1v) is 9.24. The lowest BCUT2D eigenvalue weighted by Gasteiger charge is -2.24. The van der Waals surface area contributed by atoms with Crippen LogP contribution in [0.1, 0.15) is 25.0 Å². The number of fused-ring (bicyclic) bond motifs is 5. The van der Waals surface area contributed by atoms with E-state index in [-0.39, 0.29) is 0 Å². The van der Waals surface area contributed by atoms with Gasteiger partial charge in [0.1, 0.15) is 0 Å². The molecule has 25 heavy (non-hydrogen) atoms. The fourth-order valence-corrected chi connectivity index (χ4v) is 4.29. The second-order valence-corrected chi connectivity index (χ2v) is 7.01. The fraction of sp³-hybridized carbons (Fsp3) is 0.304. The highest BCUT2D eigenvalue weighted by molar-refractivity contribution is 6.02. The SMILES string of the molecule is CCN(CC)c1cccc2c1Cc1c-2ccc2c(N(C)C)cccc12. The van der Waals surface area contributed by atoms with Crippen LogP contribution in [0.3, 0.4) is 0 Å². The molecule has 0 spiro atoms. The predicted molar refractivity (Wildman–Crippen MR) is 110 cm³/mol. The third-order valence-corrected chi connectivity index (χ3v) is 5.53. The van der Waals surface area contributed by atoms with Gasteiger partial charge in [-0.25, -0.2) is 0 Å². The van der Waals surface area contributed by atoms with Gasteiger partial charge in [0.05, 0.1) is 0 Å². The van der Waals surface area contributed by atoms with Gasteiger partial charge in [-0.3, -0.25) is 0 Å². The number of benzene rings is 3. The Labute approximate surface area is 150 Å². The molecular formula is C23H26N2. The van der Waals surface area contributed by atoms with Crippen molar-refractivity contribution in [2.45, 2.75) is 20.3 Å². The Morgan fingerprint density at radius 1 is 0.720 bits per heavy atom. The first kappa shape index (κ1) is 16.0. The van der Waals surface area contributed by atoms with Crippen LogP contribution in [0.2, 0.25) is 0 Å². The Morgan fingerprint density at radius 3 is 2.12 bits per heavy atom. The average molecular weight is 330 g/mol. The lowest BCUT2D eigenvalue weighted by molar-refractivity contribution is 0.860. The van der Waals surface area contributed by atoms with Crippen LogP contribution in [0, 0.1) is 0 Å². The minimum atomic E-state index is 1.03. The topological polar surface area (TPSA) is 6.48 Å². The molecule has 0 saturated carbocycles. The van der Waals surface area contributed by atoms with E-state index in [9.17, 15) is 0 Å². The maximum absolute atomic E-state index is 2.47. The highest BCUT2D eigenvalue weighted by Gasteiger charge is 2.24. The zero-order valence-electron chi connectivity index (χ0n) is 15.6. The van der Waals surface area contributed by atoms with Crippen LogP contribution in [-0.2, 0) is 6.42 Å². The molecule has 0 atom stereocenters. The summed E-state index contributed by atoms with van der Waals surface area (Å²) in [4.78, 5) is 4.68. The maximum atomic E-state index is 2.47. The fourth-order valence-electron chi connectivity index (χ4n) is 4.29. The molecule has 0 saturated heterocycles. The summed E-state index contributed by atoms with van der Waals surface area (Å²) in [7, 11) is 4.24. The van der Waals surface area contributed by atoms with Crippen molar-refractivity contribution >= 4 is 22.1 Å². The van der Waals surface area contributed by atoms with Gasteiger partial charge < -0.3 is 9.80 Å². The van der Waals surface area contributed by atoms with Crippen LogP contribution < -0.4 is 9.80 Å². The van der Waals surface area contributed by atoms with E-state index in [1.807, 2.05) is 0 Å². The summed E-state index contributed by atoms with van der Waals surface area (Å²) in [5, 5.41) is 2.74. The monoisotopic (exact) mass is 330 g/mol. The molecule has 0 bridgehead atoms. The van der Waals surface area contributed by atoms with Crippen LogP contribution in [0.15, 0.2) is 48.5 Å². The Morgan fingerprint density at radius 2 is 1.40 bits per heavy atom. The van der Waals surface area contributed by atoms with Gasteiger partial charge in [-0.15, -0.1) is 0 Å². The molecule has 2 nitrogen and oxygen atoms in total. The van der Waals surface area contributed by atoms with Crippen LogP contribution in [0.5, 0.6) is 0 Å². The standard InChI is InChI=1S/C23H26N2/c1-5-25(6-2)23-12-8-9-16-18-13-14-19-17(20(18)15-21(16)23)10-7-11-22(19)24(3)4/h7-14H,5-6,15H2,1-4H3. The van der Waals surface area contributed by atoms with Crippen LogP contribution in [0.4, 0.5) is 11.4 Å². The molecule has 0 unspecified atom stereocenters. The largest absolute Gasteiger partial charge is 0.377 e. The van der Waals surface area contributed by atoms with Crippen LogP contribution >= 0.6 is 0 Å². The van der Waals surface area contributed by atoms with Crippen molar-refractivity contribution in [3.8, 4) is 11.1 Å². The molecule has 3 aromatic carbocycles. The summed E-state index contributed by atoms with van der Waals surface area (Å²) in [6.45, 7) is 6.58. The molecule has 0 aliphatic heterocycles. The Balaban J connectivity index is 1.93. The van der Waals surface area contributed by atoms with Crippen molar-refractivity contribution in [3.05, 3.63) is 59.7 Å². The molecule has 4 rings (SSSR count). The van der Waals surface area contributed by atoms with E-state index in [4.69, 9.17) is 0 Å². The molecule has 0 heterocycles. The lowest BCUT2D eigenvalue weighted by atomic mass is 9.98. The quantitative estimate of drug-likeness (QED) is 0.499. The van der Waals surface area contributed by atoms with E-state index in [2.05, 4.69) is 86.3 Å². The second kappa shape index (κ2) is 6.11. The van der Waals surface area contributed by atoms with Crippen LogP contribution in [0.25, 0.3) is 21.9 Å². The summed E-state index contributed by atoms with van der Waals surface area (Å²) in [5.41, 5.74) is 8.49. The third kappa shape index (κ3) is 2.39. The summed E-state index contributed by atoms with van der Waals surface area (Å²) < 4.78 is 0. The number of hydrogen-bond donors (Lipinski definition) is 0. The van der Waals surface area contributed by atoms with Gasteiger partial charge in [-0.1, -0.05) is 36.4 Å². The van der Waals surface area contributed by atoms with E-state index >= 15 is 0 Å². The number of rotatable bonds is 4. The summed E-state index contributed by atoms with van der Waals surface area (Å²) in [5.74, 6) is 0. The summed E-state index contributed by atoms with van der Waals surface area (Å²) in [6.07, 6.45) is 1.03. The summed E-state index contributed by atoms with van der Waals surface area (Å²) in [6, 6.07) is 18.1. The molecule has 0 radical (unpaired) electrons.